The van der Waals surface area contributed by atoms with E-state index in [0.717, 1.165) is 25.9 Å². The van der Waals surface area contributed by atoms with Crippen LogP contribution in [0, 0.1) is 0 Å². The molecule has 1 spiro atoms. The molecule has 98 valence electrons. The third-order valence-electron chi connectivity index (χ3n) is 3.34. The van der Waals surface area contributed by atoms with E-state index in [1.807, 2.05) is 13.8 Å². The second-order valence-corrected chi connectivity index (χ2v) is 4.85. The van der Waals surface area contributed by atoms with Crippen molar-refractivity contribution in [2.75, 3.05) is 19.6 Å². The topological polar surface area (TPSA) is 58.6 Å². The van der Waals surface area contributed by atoms with E-state index < -0.39 is 17.5 Å². The molecule has 2 aliphatic heterocycles. The SMILES string of the molecule is CC(C)N1CC2(CCNCC2)OC(=O)C1=O.Cl. The Morgan fingerprint density at radius 2 is 1.88 bits per heavy atom. The summed E-state index contributed by atoms with van der Waals surface area (Å²) in [6.07, 6.45) is 1.57. The Hall–Kier alpha value is -0.810. The number of hydrogen-bond donors (Lipinski definition) is 1. The number of amides is 1. The fourth-order valence-electron chi connectivity index (χ4n) is 2.33. The van der Waals surface area contributed by atoms with Gasteiger partial charge in [-0.3, -0.25) is 4.79 Å². The lowest BCUT2D eigenvalue weighted by molar-refractivity contribution is -0.189. The highest BCUT2D eigenvalue weighted by Crippen LogP contribution is 2.29. The van der Waals surface area contributed by atoms with E-state index in [-0.39, 0.29) is 18.4 Å². The summed E-state index contributed by atoms with van der Waals surface area (Å²) in [5, 5.41) is 3.23. The van der Waals surface area contributed by atoms with Gasteiger partial charge in [-0.1, -0.05) is 0 Å². The minimum Gasteiger partial charge on any atom is -0.450 e. The number of carbonyl (C=O) groups is 2. The van der Waals surface area contributed by atoms with Crippen LogP contribution < -0.4 is 5.32 Å². The molecular formula is C11H19ClN2O3. The highest BCUT2D eigenvalue weighted by molar-refractivity contribution is 6.33. The van der Waals surface area contributed by atoms with E-state index in [4.69, 9.17) is 4.74 Å². The maximum Gasteiger partial charge on any atom is 0.397 e. The van der Waals surface area contributed by atoms with Crippen LogP contribution in [0.25, 0.3) is 0 Å². The smallest absolute Gasteiger partial charge is 0.397 e. The van der Waals surface area contributed by atoms with Gasteiger partial charge in [0.1, 0.15) is 5.60 Å². The molecule has 2 saturated heterocycles. The molecule has 0 saturated carbocycles. The van der Waals surface area contributed by atoms with Gasteiger partial charge in [0.15, 0.2) is 0 Å². The Kier molecular flexibility index (Phi) is 4.38. The van der Waals surface area contributed by atoms with Crippen LogP contribution in [-0.4, -0.2) is 48.1 Å². The van der Waals surface area contributed by atoms with Crippen molar-refractivity contribution in [1.29, 1.82) is 0 Å². The van der Waals surface area contributed by atoms with Crippen LogP contribution in [0.3, 0.4) is 0 Å². The zero-order chi connectivity index (χ0) is 11.8. The summed E-state index contributed by atoms with van der Waals surface area (Å²) in [6, 6.07) is 0.0483. The zero-order valence-corrected chi connectivity index (χ0v) is 11.0. The summed E-state index contributed by atoms with van der Waals surface area (Å²) in [6.45, 7) is 6.06. The van der Waals surface area contributed by atoms with Gasteiger partial charge in [-0.15, -0.1) is 12.4 Å². The van der Waals surface area contributed by atoms with Gasteiger partial charge in [-0.05, 0) is 26.9 Å². The Labute approximate surface area is 107 Å². The first kappa shape index (κ1) is 14.3. The molecule has 0 radical (unpaired) electrons. The average molecular weight is 263 g/mol. The number of nitrogens with zero attached hydrogens (tertiary/aromatic N) is 1. The maximum absolute atomic E-state index is 11.6. The molecule has 2 heterocycles. The third kappa shape index (κ3) is 2.72. The third-order valence-corrected chi connectivity index (χ3v) is 3.34. The molecular weight excluding hydrogens is 244 g/mol. The van der Waals surface area contributed by atoms with E-state index in [1.54, 1.807) is 4.90 Å². The van der Waals surface area contributed by atoms with Crippen LogP contribution in [0.2, 0.25) is 0 Å². The summed E-state index contributed by atoms with van der Waals surface area (Å²) in [4.78, 5) is 24.8. The Bertz CT molecular complexity index is 314. The van der Waals surface area contributed by atoms with Crippen molar-refractivity contribution in [2.24, 2.45) is 0 Å². The van der Waals surface area contributed by atoms with Crippen LogP contribution in [-0.2, 0) is 14.3 Å². The first-order valence-electron chi connectivity index (χ1n) is 5.79. The number of esters is 1. The summed E-state index contributed by atoms with van der Waals surface area (Å²) in [5.41, 5.74) is -0.444. The fourth-order valence-corrected chi connectivity index (χ4v) is 2.33. The summed E-state index contributed by atoms with van der Waals surface area (Å²) >= 11 is 0. The molecule has 17 heavy (non-hydrogen) atoms. The van der Waals surface area contributed by atoms with Crippen LogP contribution in [0.15, 0.2) is 0 Å². The van der Waals surface area contributed by atoms with Gasteiger partial charge in [-0.2, -0.15) is 0 Å². The number of carbonyl (C=O) groups excluding carboxylic acids is 2. The second-order valence-electron chi connectivity index (χ2n) is 4.85. The normalized spacial score (nSPS) is 23.6. The van der Waals surface area contributed by atoms with E-state index in [1.165, 1.54) is 0 Å². The number of nitrogens with one attached hydrogen (secondary N) is 1. The lowest BCUT2D eigenvalue weighted by atomic mass is 9.89. The van der Waals surface area contributed by atoms with Crippen molar-refractivity contribution in [1.82, 2.24) is 10.2 Å². The molecule has 2 fully saturated rings. The minimum absolute atomic E-state index is 0. The highest BCUT2D eigenvalue weighted by atomic mass is 35.5. The molecule has 5 nitrogen and oxygen atoms in total. The molecule has 0 atom stereocenters. The van der Waals surface area contributed by atoms with E-state index in [9.17, 15) is 9.59 Å². The monoisotopic (exact) mass is 262 g/mol. The van der Waals surface area contributed by atoms with E-state index in [2.05, 4.69) is 5.32 Å². The average Bonchev–Trinajstić information content (AvgIpc) is 2.24. The molecule has 1 amide bonds. The quantitative estimate of drug-likeness (QED) is 0.546. The van der Waals surface area contributed by atoms with Crippen LogP contribution in [0.4, 0.5) is 0 Å². The van der Waals surface area contributed by atoms with Crippen molar-refractivity contribution in [3.05, 3.63) is 0 Å². The van der Waals surface area contributed by atoms with Crippen molar-refractivity contribution in [3.63, 3.8) is 0 Å². The molecule has 0 aromatic heterocycles. The molecule has 0 unspecified atom stereocenters. The minimum atomic E-state index is -0.693. The number of halogens is 1. The predicted octanol–water partition coefficient (Wildman–Crippen LogP) is 0.324. The first-order valence-corrected chi connectivity index (χ1v) is 5.79. The van der Waals surface area contributed by atoms with Gasteiger partial charge in [0.25, 0.3) is 0 Å². The Balaban J connectivity index is 0.00000144. The van der Waals surface area contributed by atoms with Gasteiger partial charge < -0.3 is 15.0 Å². The highest BCUT2D eigenvalue weighted by Gasteiger charge is 2.46. The summed E-state index contributed by atoms with van der Waals surface area (Å²) in [5.74, 6) is -1.19. The Morgan fingerprint density at radius 3 is 2.41 bits per heavy atom. The van der Waals surface area contributed by atoms with Crippen molar-refractivity contribution < 1.29 is 14.3 Å². The van der Waals surface area contributed by atoms with E-state index in [0.29, 0.717) is 6.54 Å². The first-order chi connectivity index (χ1) is 7.54. The Morgan fingerprint density at radius 1 is 1.29 bits per heavy atom. The van der Waals surface area contributed by atoms with Gasteiger partial charge in [0.05, 0.1) is 6.54 Å². The molecule has 0 aliphatic carbocycles. The number of morpholine rings is 1. The molecule has 2 rings (SSSR count). The summed E-state index contributed by atoms with van der Waals surface area (Å²) < 4.78 is 5.34. The van der Waals surface area contributed by atoms with Crippen LogP contribution in [0.5, 0.6) is 0 Å². The van der Waals surface area contributed by atoms with Crippen LogP contribution in [0.1, 0.15) is 26.7 Å². The zero-order valence-electron chi connectivity index (χ0n) is 10.2. The summed E-state index contributed by atoms with van der Waals surface area (Å²) in [7, 11) is 0. The van der Waals surface area contributed by atoms with Crippen molar-refractivity contribution in [2.45, 2.75) is 38.3 Å². The molecule has 0 bridgehead atoms. The molecule has 1 N–H and O–H groups in total. The van der Waals surface area contributed by atoms with Crippen molar-refractivity contribution in [3.8, 4) is 0 Å². The van der Waals surface area contributed by atoms with E-state index >= 15 is 0 Å². The number of rotatable bonds is 1. The van der Waals surface area contributed by atoms with Gasteiger partial charge in [-0.25, -0.2) is 4.79 Å². The molecule has 0 aromatic carbocycles. The standard InChI is InChI=1S/C11H18N2O3.ClH/c1-8(2)13-7-11(3-5-12-6-4-11)16-10(15)9(13)14;/h8,12H,3-7H2,1-2H3;1H. The fraction of sp³-hybridized carbons (Fsp3) is 0.818. The molecule has 6 heteroatoms. The largest absolute Gasteiger partial charge is 0.450 e. The molecule has 0 aromatic rings. The maximum atomic E-state index is 11.6. The lowest BCUT2D eigenvalue weighted by Crippen LogP contribution is -2.61. The molecule has 2 aliphatic rings. The van der Waals surface area contributed by atoms with Gasteiger partial charge in [0, 0.05) is 18.9 Å². The number of ether oxygens (including phenoxy) is 1. The number of hydrogen-bond acceptors (Lipinski definition) is 4. The van der Waals surface area contributed by atoms with Crippen LogP contribution >= 0.6 is 12.4 Å². The lowest BCUT2D eigenvalue weighted by Gasteiger charge is -2.45. The van der Waals surface area contributed by atoms with Crippen molar-refractivity contribution >= 4 is 24.3 Å². The van der Waals surface area contributed by atoms with Gasteiger partial charge in [0.2, 0.25) is 0 Å². The number of piperidine rings is 1. The predicted molar refractivity (Wildman–Crippen MR) is 65.0 cm³/mol. The second kappa shape index (κ2) is 5.23. The van der Waals surface area contributed by atoms with Gasteiger partial charge >= 0.3 is 11.9 Å².